The fraction of sp³-hybridized carbons (Fsp3) is 0.214. The van der Waals surface area contributed by atoms with Crippen LogP contribution in [0.1, 0.15) is 45.8 Å². The number of nitrogens with one attached hydrogen (secondary N) is 1. The predicted octanol–water partition coefficient (Wildman–Crippen LogP) is 6.51. The lowest BCUT2D eigenvalue weighted by molar-refractivity contribution is -0.136. The highest BCUT2D eigenvalue weighted by Gasteiger charge is 2.19. The second kappa shape index (κ2) is 12.0. The van der Waals surface area contributed by atoms with Gasteiger partial charge in [0.25, 0.3) is 5.91 Å². The van der Waals surface area contributed by atoms with E-state index in [-0.39, 0.29) is 18.5 Å². The number of hydrogen-bond donors (Lipinski definition) is 1. The van der Waals surface area contributed by atoms with Gasteiger partial charge >= 0.3 is 5.97 Å². The van der Waals surface area contributed by atoms with Gasteiger partial charge in [-0.05, 0) is 61.5 Å². The molecule has 1 aromatic heterocycles. The SMILES string of the molecule is C=Cc1c(COc2cc(NC(=O)c3cccc(OC)c3)ccc2C)csc1/C(=C\C)C(=O)OCC. The van der Waals surface area contributed by atoms with Gasteiger partial charge in [-0.15, -0.1) is 11.3 Å². The van der Waals surface area contributed by atoms with E-state index in [1.807, 2.05) is 31.4 Å². The Balaban J connectivity index is 1.76. The molecule has 0 aliphatic rings. The van der Waals surface area contributed by atoms with Gasteiger partial charge in [-0.25, -0.2) is 4.79 Å². The topological polar surface area (TPSA) is 73.9 Å². The molecule has 1 amide bonds. The molecule has 7 heteroatoms. The second-order valence-corrected chi connectivity index (χ2v) is 8.47. The summed E-state index contributed by atoms with van der Waals surface area (Å²) < 4.78 is 16.5. The minimum absolute atomic E-state index is 0.243. The van der Waals surface area contributed by atoms with E-state index >= 15 is 0 Å². The number of methoxy groups -OCH3 is 1. The van der Waals surface area contributed by atoms with Crippen molar-refractivity contribution in [2.24, 2.45) is 0 Å². The third kappa shape index (κ3) is 6.19. The summed E-state index contributed by atoms with van der Waals surface area (Å²) in [5, 5.41) is 4.86. The lowest BCUT2D eigenvalue weighted by Crippen LogP contribution is -2.12. The largest absolute Gasteiger partial charge is 0.497 e. The molecule has 0 atom stereocenters. The Hall–Kier alpha value is -3.84. The van der Waals surface area contributed by atoms with Crippen LogP contribution in [0.4, 0.5) is 5.69 Å². The fourth-order valence-corrected chi connectivity index (χ4v) is 4.58. The van der Waals surface area contributed by atoms with E-state index in [9.17, 15) is 9.59 Å². The normalized spacial score (nSPS) is 11.0. The minimum Gasteiger partial charge on any atom is -0.497 e. The Labute approximate surface area is 209 Å². The van der Waals surface area contributed by atoms with Crippen LogP contribution >= 0.6 is 11.3 Å². The van der Waals surface area contributed by atoms with Gasteiger partial charge in [0, 0.05) is 27.8 Å². The smallest absolute Gasteiger partial charge is 0.339 e. The van der Waals surface area contributed by atoms with E-state index in [4.69, 9.17) is 14.2 Å². The molecule has 0 saturated carbocycles. The average molecular weight is 492 g/mol. The zero-order valence-corrected chi connectivity index (χ0v) is 21.2. The Kier molecular flexibility index (Phi) is 8.86. The van der Waals surface area contributed by atoms with Crippen molar-refractivity contribution in [3.63, 3.8) is 0 Å². The molecule has 0 bridgehead atoms. The first-order chi connectivity index (χ1) is 16.9. The van der Waals surface area contributed by atoms with E-state index in [1.54, 1.807) is 56.5 Å². The third-order valence-electron chi connectivity index (χ3n) is 5.30. The van der Waals surface area contributed by atoms with Crippen LogP contribution in [0.2, 0.25) is 0 Å². The average Bonchev–Trinajstić information content (AvgIpc) is 3.27. The van der Waals surface area contributed by atoms with Crippen LogP contribution in [-0.2, 0) is 16.1 Å². The Bertz CT molecular complexity index is 1260. The van der Waals surface area contributed by atoms with Gasteiger partial charge in [-0.2, -0.15) is 0 Å². The van der Waals surface area contributed by atoms with Gasteiger partial charge in [0.15, 0.2) is 0 Å². The molecule has 0 radical (unpaired) electrons. The molecule has 1 N–H and O–H groups in total. The van der Waals surface area contributed by atoms with Crippen LogP contribution in [0.25, 0.3) is 11.6 Å². The third-order valence-corrected chi connectivity index (χ3v) is 6.38. The number of thiophene rings is 1. The molecule has 0 aliphatic heterocycles. The predicted molar refractivity (Wildman–Crippen MR) is 141 cm³/mol. The molecule has 0 unspecified atom stereocenters. The maximum Gasteiger partial charge on any atom is 0.339 e. The number of amides is 1. The van der Waals surface area contributed by atoms with Crippen LogP contribution in [0, 0.1) is 6.92 Å². The molecule has 1 heterocycles. The number of hydrogen-bond acceptors (Lipinski definition) is 6. The standard InChI is InChI=1S/C28H29NO5S/c1-6-23-20(17-35-26(23)24(7-2)28(31)33-8-3)16-34-25-15-21(13-12-18(25)4)29-27(30)19-10-9-11-22(14-19)32-5/h6-7,9-15,17H,1,8,16H2,2-5H3,(H,29,30)/b24-7+. The van der Waals surface area contributed by atoms with Crippen LogP contribution < -0.4 is 14.8 Å². The van der Waals surface area contributed by atoms with E-state index in [0.29, 0.717) is 34.9 Å². The minimum atomic E-state index is -0.359. The summed E-state index contributed by atoms with van der Waals surface area (Å²) in [6.45, 7) is 10.0. The Morgan fingerprint density at radius 2 is 1.97 bits per heavy atom. The summed E-state index contributed by atoms with van der Waals surface area (Å²) in [5.41, 5.74) is 4.31. The number of carbonyl (C=O) groups is 2. The van der Waals surface area contributed by atoms with Crippen molar-refractivity contribution < 1.29 is 23.8 Å². The summed E-state index contributed by atoms with van der Waals surface area (Å²) in [4.78, 5) is 25.8. The van der Waals surface area contributed by atoms with Crippen molar-refractivity contribution in [3.8, 4) is 11.5 Å². The maximum atomic E-state index is 12.7. The Morgan fingerprint density at radius 1 is 1.17 bits per heavy atom. The van der Waals surface area contributed by atoms with Crippen molar-refractivity contribution in [1.29, 1.82) is 0 Å². The number of benzene rings is 2. The number of anilines is 1. The van der Waals surface area contributed by atoms with E-state index in [0.717, 1.165) is 21.6 Å². The summed E-state index contributed by atoms with van der Waals surface area (Å²) >= 11 is 1.45. The lowest BCUT2D eigenvalue weighted by Gasteiger charge is -2.13. The molecule has 0 saturated heterocycles. The summed E-state index contributed by atoms with van der Waals surface area (Å²) in [6, 6.07) is 12.5. The number of esters is 1. The monoisotopic (exact) mass is 491 g/mol. The zero-order chi connectivity index (χ0) is 25.4. The quantitative estimate of drug-likeness (QED) is 0.259. The summed E-state index contributed by atoms with van der Waals surface area (Å²) in [5.74, 6) is 0.659. The van der Waals surface area contributed by atoms with E-state index in [2.05, 4.69) is 11.9 Å². The summed E-state index contributed by atoms with van der Waals surface area (Å²) in [6.07, 6.45) is 3.48. The van der Waals surface area contributed by atoms with Crippen LogP contribution in [0.5, 0.6) is 11.5 Å². The highest BCUT2D eigenvalue weighted by atomic mass is 32.1. The number of allylic oxidation sites excluding steroid dienone is 1. The number of rotatable bonds is 10. The molecular formula is C28H29NO5S. The fourth-order valence-electron chi connectivity index (χ4n) is 3.45. The number of ether oxygens (including phenoxy) is 3. The molecule has 3 rings (SSSR count). The summed E-state index contributed by atoms with van der Waals surface area (Å²) in [7, 11) is 1.56. The van der Waals surface area contributed by atoms with Crippen LogP contribution in [-0.4, -0.2) is 25.6 Å². The first-order valence-corrected chi connectivity index (χ1v) is 12.0. The van der Waals surface area contributed by atoms with Gasteiger partial charge in [0.2, 0.25) is 0 Å². The molecule has 0 fully saturated rings. The van der Waals surface area contributed by atoms with E-state index in [1.165, 1.54) is 11.3 Å². The van der Waals surface area contributed by atoms with Crippen molar-refractivity contribution in [2.45, 2.75) is 27.4 Å². The van der Waals surface area contributed by atoms with Gasteiger partial charge in [0.1, 0.15) is 18.1 Å². The van der Waals surface area contributed by atoms with Gasteiger partial charge in [-0.3, -0.25) is 4.79 Å². The maximum absolute atomic E-state index is 12.7. The lowest BCUT2D eigenvalue weighted by atomic mass is 10.1. The second-order valence-electron chi connectivity index (χ2n) is 7.59. The zero-order valence-electron chi connectivity index (χ0n) is 20.3. The van der Waals surface area contributed by atoms with Gasteiger partial charge in [-0.1, -0.05) is 30.9 Å². The molecule has 0 aliphatic carbocycles. The molecule has 2 aromatic carbocycles. The highest BCUT2D eigenvalue weighted by Crippen LogP contribution is 2.33. The molecule has 6 nitrogen and oxygen atoms in total. The molecule has 35 heavy (non-hydrogen) atoms. The van der Waals surface area contributed by atoms with Gasteiger partial charge in [0.05, 0.1) is 19.3 Å². The molecule has 3 aromatic rings. The number of carbonyl (C=O) groups excluding carboxylic acids is 2. The van der Waals surface area contributed by atoms with Crippen molar-refractivity contribution in [1.82, 2.24) is 0 Å². The molecule has 182 valence electrons. The van der Waals surface area contributed by atoms with E-state index < -0.39 is 0 Å². The van der Waals surface area contributed by atoms with Crippen LogP contribution in [0.15, 0.2) is 60.5 Å². The molecule has 0 spiro atoms. The van der Waals surface area contributed by atoms with Crippen LogP contribution in [0.3, 0.4) is 0 Å². The molecular weight excluding hydrogens is 462 g/mol. The first-order valence-electron chi connectivity index (χ1n) is 11.2. The van der Waals surface area contributed by atoms with Crippen molar-refractivity contribution in [2.75, 3.05) is 19.0 Å². The van der Waals surface area contributed by atoms with Crippen molar-refractivity contribution >= 4 is 40.5 Å². The van der Waals surface area contributed by atoms with Crippen molar-refractivity contribution in [3.05, 3.63) is 87.6 Å². The van der Waals surface area contributed by atoms with Gasteiger partial charge < -0.3 is 19.5 Å². The Morgan fingerprint density at radius 3 is 2.66 bits per heavy atom. The number of aryl methyl sites for hydroxylation is 1. The highest BCUT2D eigenvalue weighted by molar-refractivity contribution is 7.12. The first kappa shape index (κ1) is 25.8.